The van der Waals surface area contributed by atoms with Gasteiger partial charge in [-0.1, -0.05) is 6.07 Å². The molecule has 0 unspecified atom stereocenters. The summed E-state index contributed by atoms with van der Waals surface area (Å²) in [7, 11) is 0. The number of carbonyl (C=O) groups is 1. The third kappa shape index (κ3) is 3.78. The molecule has 0 saturated heterocycles. The molecular weight excluding hydrogens is 361 g/mol. The molecular formula is C20H20FN5O2. The first-order valence-electron chi connectivity index (χ1n) is 8.73. The highest BCUT2D eigenvalue weighted by Gasteiger charge is 2.25. The Labute approximate surface area is 161 Å². The fraction of sp³-hybridized carbons (Fsp3) is 0.300. The van der Waals surface area contributed by atoms with Crippen molar-refractivity contribution < 1.29 is 13.9 Å². The zero-order valence-corrected chi connectivity index (χ0v) is 16.0. The van der Waals surface area contributed by atoms with Gasteiger partial charge in [0, 0.05) is 6.20 Å². The van der Waals surface area contributed by atoms with Crippen LogP contribution >= 0.6 is 0 Å². The molecule has 0 fully saturated rings. The van der Waals surface area contributed by atoms with Crippen molar-refractivity contribution >= 4 is 17.1 Å². The molecule has 3 rings (SSSR count). The second kappa shape index (κ2) is 7.27. The van der Waals surface area contributed by atoms with Gasteiger partial charge in [-0.15, -0.1) is 0 Å². The van der Waals surface area contributed by atoms with Crippen molar-refractivity contribution in [2.24, 2.45) is 0 Å². The highest BCUT2D eigenvalue weighted by atomic mass is 19.1. The van der Waals surface area contributed by atoms with Crippen molar-refractivity contribution in [3.05, 3.63) is 53.7 Å². The lowest BCUT2D eigenvalue weighted by atomic mass is 10.2. The number of amides is 1. The Kier molecular flexibility index (Phi) is 5.01. The number of hydrogen-bond acceptors (Lipinski definition) is 5. The molecule has 1 aromatic carbocycles. The molecule has 0 aliphatic heterocycles. The molecule has 2 heterocycles. The first kappa shape index (κ1) is 19.3. The van der Waals surface area contributed by atoms with Crippen molar-refractivity contribution in [3.63, 3.8) is 0 Å². The molecule has 0 radical (unpaired) electrons. The van der Waals surface area contributed by atoms with E-state index < -0.39 is 23.6 Å². The van der Waals surface area contributed by atoms with Crippen LogP contribution in [0.15, 0.2) is 36.5 Å². The molecule has 8 heteroatoms. The number of imidazole rings is 1. The molecule has 0 spiro atoms. The summed E-state index contributed by atoms with van der Waals surface area (Å²) in [5.41, 5.74) is -0.0565. The zero-order chi connectivity index (χ0) is 20.5. The van der Waals surface area contributed by atoms with Gasteiger partial charge in [-0.3, -0.25) is 4.57 Å². The minimum absolute atomic E-state index is 0.133. The smallest absolute Gasteiger partial charge is 0.408 e. The highest BCUT2D eigenvalue weighted by Crippen LogP contribution is 2.28. The van der Waals surface area contributed by atoms with E-state index in [1.54, 1.807) is 56.7 Å². The van der Waals surface area contributed by atoms with Gasteiger partial charge < -0.3 is 10.1 Å². The van der Waals surface area contributed by atoms with Crippen LogP contribution in [0.25, 0.3) is 16.9 Å². The summed E-state index contributed by atoms with van der Waals surface area (Å²) in [6, 6.07) is 9.25. The van der Waals surface area contributed by atoms with Crippen LogP contribution in [-0.2, 0) is 4.74 Å². The Morgan fingerprint density at radius 1 is 1.32 bits per heavy atom. The third-order valence-electron chi connectivity index (χ3n) is 3.90. The van der Waals surface area contributed by atoms with Gasteiger partial charge in [0.25, 0.3) is 0 Å². The summed E-state index contributed by atoms with van der Waals surface area (Å²) < 4.78 is 21.1. The van der Waals surface area contributed by atoms with E-state index in [1.165, 1.54) is 12.1 Å². The number of alkyl carbamates (subject to hydrolysis) is 1. The van der Waals surface area contributed by atoms with E-state index in [-0.39, 0.29) is 5.56 Å². The number of nitrogens with zero attached hydrogens (tertiary/aromatic N) is 4. The number of rotatable bonds is 3. The maximum atomic E-state index is 14.2. The average Bonchev–Trinajstić information content (AvgIpc) is 3.00. The van der Waals surface area contributed by atoms with E-state index in [0.717, 1.165) is 0 Å². The Hall–Kier alpha value is -3.47. The lowest BCUT2D eigenvalue weighted by molar-refractivity contribution is 0.0505. The number of nitrogens with one attached hydrogen (secondary N) is 1. The zero-order valence-electron chi connectivity index (χ0n) is 16.0. The largest absolute Gasteiger partial charge is 0.444 e. The number of nitriles is 1. The summed E-state index contributed by atoms with van der Waals surface area (Å²) in [6.45, 7) is 7.03. The molecule has 7 nitrogen and oxygen atoms in total. The van der Waals surface area contributed by atoms with E-state index in [1.807, 2.05) is 6.07 Å². The van der Waals surface area contributed by atoms with Crippen LogP contribution < -0.4 is 5.32 Å². The number of carbonyl (C=O) groups excluding carboxylic acids is 1. The molecule has 1 amide bonds. The Balaban J connectivity index is 2.15. The van der Waals surface area contributed by atoms with E-state index in [0.29, 0.717) is 22.7 Å². The van der Waals surface area contributed by atoms with Gasteiger partial charge in [-0.2, -0.15) is 5.26 Å². The van der Waals surface area contributed by atoms with Gasteiger partial charge in [-0.05, 0) is 52.0 Å². The van der Waals surface area contributed by atoms with Crippen molar-refractivity contribution in [2.45, 2.75) is 39.3 Å². The van der Waals surface area contributed by atoms with Crippen LogP contribution in [0.1, 0.15) is 45.1 Å². The number of aromatic nitrogens is 3. The first-order chi connectivity index (χ1) is 13.2. The lowest BCUT2D eigenvalue weighted by Gasteiger charge is -2.22. The maximum absolute atomic E-state index is 14.2. The summed E-state index contributed by atoms with van der Waals surface area (Å²) in [6.07, 6.45) is 0.980. The number of benzene rings is 1. The Morgan fingerprint density at radius 3 is 2.68 bits per heavy atom. The maximum Gasteiger partial charge on any atom is 0.408 e. The number of ether oxygens (including phenoxy) is 1. The molecule has 2 aromatic heterocycles. The normalized spacial score (nSPS) is 12.4. The first-order valence-corrected chi connectivity index (χ1v) is 8.73. The van der Waals surface area contributed by atoms with Crippen LogP contribution in [0, 0.1) is 17.1 Å². The number of fused-ring (bicyclic) bond motifs is 1. The molecule has 0 saturated carbocycles. The SMILES string of the molecule is C[C@H](NC(=O)OC(C)(C)C)c1nc2ccc(F)c(C#N)c2n1-c1ccccn1. The highest BCUT2D eigenvalue weighted by molar-refractivity contribution is 5.84. The van der Waals surface area contributed by atoms with Gasteiger partial charge >= 0.3 is 6.09 Å². The average molecular weight is 381 g/mol. The predicted molar refractivity (Wildman–Crippen MR) is 101 cm³/mol. The van der Waals surface area contributed by atoms with Crippen LogP contribution in [0.3, 0.4) is 0 Å². The van der Waals surface area contributed by atoms with Crippen molar-refractivity contribution in [3.8, 4) is 11.9 Å². The minimum atomic E-state index is -0.651. The summed E-state index contributed by atoms with van der Waals surface area (Å²) in [5.74, 6) is 0.216. The van der Waals surface area contributed by atoms with Gasteiger partial charge in [0.15, 0.2) is 0 Å². The second-order valence-electron chi connectivity index (χ2n) is 7.26. The Morgan fingerprint density at radius 2 is 2.07 bits per heavy atom. The third-order valence-corrected chi connectivity index (χ3v) is 3.90. The van der Waals surface area contributed by atoms with Crippen molar-refractivity contribution in [1.82, 2.24) is 19.9 Å². The van der Waals surface area contributed by atoms with Gasteiger partial charge in [0.05, 0.1) is 17.1 Å². The topological polar surface area (TPSA) is 92.8 Å². The van der Waals surface area contributed by atoms with Crippen molar-refractivity contribution in [2.75, 3.05) is 0 Å². The molecule has 1 N–H and O–H groups in total. The molecule has 1 atom stereocenters. The summed E-state index contributed by atoms with van der Waals surface area (Å²) in [4.78, 5) is 21.0. The van der Waals surface area contributed by atoms with E-state index in [9.17, 15) is 14.4 Å². The van der Waals surface area contributed by atoms with E-state index in [2.05, 4.69) is 15.3 Å². The lowest BCUT2D eigenvalue weighted by Crippen LogP contribution is -2.34. The van der Waals surface area contributed by atoms with Gasteiger partial charge in [0.2, 0.25) is 0 Å². The number of hydrogen-bond donors (Lipinski definition) is 1. The van der Waals surface area contributed by atoms with E-state index in [4.69, 9.17) is 4.74 Å². The summed E-state index contributed by atoms with van der Waals surface area (Å²) in [5, 5.41) is 12.2. The molecule has 144 valence electrons. The fourth-order valence-electron chi connectivity index (χ4n) is 2.82. The van der Waals surface area contributed by atoms with Crippen LogP contribution in [0.5, 0.6) is 0 Å². The predicted octanol–water partition coefficient (Wildman–Crippen LogP) is 4.02. The van der Waals surface area contributed by atoms with Crippen molar-refractivity contribution in [1.29, 1.82) is 5.26 Å². The monoisotopic (exact) mass is 381 g/mol. The minimum Gasteiger partial charge on any atom is -0.444 e. The van der Waals surface area contributed by atoms with Crippen LogP contribution in [-0.4, -0.2) is 26.2 Å². The number of halogens is 1. The second-order valence-corrected chi connectivity index (χ2v) is 7.26. The summed E-state index contributed by atoms with van der Waals surface area (Å²) >= 11 is 0. The molecule has 28 heavy (non-hydrogen) atoms. The molecule has 3 aromatic rings. The fourth-order valence-corrected chi connectivity index (χ4v) is 2.82. The standard InChI is InChI=1S/C20H20FN5O2/c1-12(24-19(27)28-20(2,3)4)18-25-15-9-8-14(21)13(11-22)17(15)26(18)16-7-5-6-10-23-16/h5-10,12H,1-4H3,(H,24,27)/t12-/m0/s1. The van der Waals surface area contributed by atoms with E-state index >= 15 is 0 Å². The van der Waals surface area contributed by atoms with Gasteiger partial charge in [-0.25, -0.2) is 19.2 Å². The number of pyridine rings is 1. The molecule has 0 aliphatic rings. The van der Waals surface area contributed by atoms with Crippen LogP contribution in [0.4, 0.5) is 9.18 Å². The van der Waals surface area contributed by atoms with Gasteiger partial charge in [0.1, 0.15) is 34.7 Å². The molecule has 0 aliphatic carbocycles. The van der Waals surface area contributed by atoms with Crippen LogP contribution in [0.2, 0.25) is 0 Å². The molecule has 0 bridgehead atoms. The Bertz CT molecular complexity index is 1060. The quantitative estimate of drug-likeness (QED) is 0.740.